The van der Waals surface area contributed by atoms with Crippen molar-refractivity contribution in [3.05, 3.63) is 10.4 Å². The Morgan fingerprint density at radius 2 is 1.94 bits per heavy atom. The van der Waals surface area contributed by atoms with Crippen LogP contribution in [0.1, 0.15) is 27.7 Å². The normalized spacial score (nSPS) is 13.8. The number of azide groups is 1. The smallest absolute Gasteiger partial charge is 0.408 e. The van der Waals surface area contributed by atoms with Crippen molar-refractivity contribution in [3.63, 3.8) is 0 Å². The first-order valence-corrected chi connectivity index (χ1v) is 5.33. The molecule has 18 heavy (non-hydrogen) atoms. The van der Waals surface area contributed by atoms with E-state index in [4.69, 9.17) is 10.3 Å². The number of carbonyl (C=O) groups is 2. The van der Waals surface area contributed by atoms with Crippen LogP contribution in [-0.2, 0) is 14.3 Å². The van der Waals surface area contributed by atoms with Crippen molar-refractivity contribution in [2.45, 2.75) is 45.4 Å². The maximum absolute atomic E-state index is 11.5. The molecular weight excluding hydrogens is 240 g/mol. The van der Waals surface area contributed by atoms with Crippen LogP contribution in [0, 0.1) is 0 Å². The van der Waals surface area contributed by atoms with E-state index in [1.807, 2.05) is 0 Å². The van der Waals surface area contributed by atoms with E-state index in [2.05, 4.69) is 20.1 Å². The molecule has 0 fully saturated rings. The molecule has 0 bridgehead atoms. The summed E-state index contributed by atoms with van der Waals surface area (Å²) in [4.78, 5) is 25.6. The number of alkyl carbamates (subject to hydrolysis) is 1. The van der Waals surface area contributed by atoms with Gasteiger partial charge in [0.25, 0.3) is 0 Å². The van der Waals surface area contributed by atoms with Crippen molar-refractivity contribution in [1.29, 1.82) is 0 Å². The number of nitrogens with one attached hydrogen (secondary N) is 1. The highest BCUT2D eigenvalue weighted by Gasteiger charge is 2.29. The van der Waals surface area contributed by atoms with E-state index in [0.717, 1.165) is 0 Å². The lowest BCUT2D eigenvalue weighted by Crippen LogP contribution is -2.49. The number of nitrogens with zero attached hydrogens (tertiary/aromatic N) is 3. The number of rotatable bonds is 4. The van der Waals surface area contributed by atoms with E-state index in [0.29, 0.717) is 0 Å². The van der Waals surface area contributed by atoms with Crippen LogP contribution in [0.15, 0.2) is 5.11 Å². The topological polar surface area (TPSA) is 113 Å². The van der Waals surface area contributed by atoms with Gasteiger partial charge in [-0.25, -0.2) is 9.59 Å². The van der Waals surface area contributed by atoms with Gasteiger partial charge in [0.1, 0.15) is 11.6 Å². The number of hydrogen-bond acceptors (Lipinski definition) is 5. The van der Waals surface area contributed by atoms with Crippen LogP contribution >= 0.6 is 0 Å². The Kier molecular flexibility index (Phi) is 5.98. The number of hydrogen-bond donors (Lipinski definition) is 1. The predicted molar refractivity (Wildman–Crippen MR) is 63.8 cm³/mol. The lowest BCUT2D eigenvalue weighted by Gasteiger charge is -2.23. The number of ether oxygens (including phenoxy) is 2. The molecule has 0 rings (SSSR count). The van der Waals surface area contributed by atoms with Crippen LogP contribution in [0.4, 0.5) is 4.79 Å². The van der Waals surface area contributed by atoms with Crippen molar-refractivity contribution in [2.24, 2.45) is 5.11 Å². The van der Waals surface area contributed by atoms with Crippen molar-refractivity contribution in [2.75, 3.05) is 7.11 Å². The molecule has 2 atom stereocenters. The highest BCUT2D eigenvalue weighted by Crippen LogP contribution is 2.08. The fraction of sp³-hybridized carbons (Fsp3) is 0.800. The maximum Gasteiger partial charge on any atom is 0.408 e. The van der Waals surface area contributed by atoms with Gasteiger partial charge in [-0.15, -0.1) is 0 Å². The Morgan fingerprint density at radius 3 is 2.33 bits per heavy atom. The van der Waals surface area contributed by atoms with Gasteiger partial charge in [-0.1, -0.05) is 12.0 Å². The summed E-state index contributed by atoms with van der Waals surface area (Å²) in [6.45, 7) is 6.56. The first-order valence-electron chi connectivity index (χ1n) is 5.33. The summed E-state index contributed by atoms with van der Waals surface area (Å²) in [6, 6.07) is -1.87. The minimum Gasteiger partial charge on any atom is -0.467 e. The minimum atomic E-state index is -1.08. The molecule has 0 unspecified atom stereocenters. The molecule has 8 heteroatoms. The summed E-state index contributed by atoms with van der Waals surface area (Å²) in [6.07, 6.45) is -0.780. The minimum absolute atomic E-state index is 0.688. The van der Waals surface area contributed by atoms with Crippen molar-refractivity contribution in [1.82, 2.24) is 5.32 Å². The third-order valence-electron chi connectivity index (χ3n) is 1.84. The summed E-state index contributed by atoms with van der Waals surface area (Å²) < 4.78 is 9.52. The summed E-state index contributed by atoms with van der Waals surface area (Å²) in [5, 5.41) is 5.66. The molecule has 0 heterocycles. The van der Waals surface area contributed by atoms with E-state index in [1.54, 1.807) is 20.8 Å². The standard InChI is InChI=1S/C10H18N4O4/c1-6(13-14-11)7(8(15)17-5)12-9(16)18-10(2,3)4/h6-7H,1-5H3,(H,12,16)/t6-,7-/m1/s1. The van der Waals surface area contributed by atoms with Gasteiger partial charge in [0.2, 0.25) is 0 Å². The molecule has 0 aromatic heterocycles. The Labute approximate surface area is 105 Å². The Hall–Kier alpha value is -1.95. The molecule has 0 saturated heterocycles. The van der Waals surface area contributed by atoms with Crippen LogP contribution in [0.25, 0.3) is 10.4 Å². The molecule has 0 radical (unpaired) electrons. The SMILES string of the molecule is COC(=O)[C@H](NC(=O)OC(C)(C)C)[C@@H](C)N=[N+]=[N-]. The quantitative estimate of drug-likeness (QED) is 0.358. The van der Waals surface area contributed by atoms with E-state index < -0.39 is 29.7 Å². The molecule has 8 nitrogen and oxygen atoms in total. The average Bonchev–Trinajstić information content (AvgIpc) is 2.22. The molecule has 0 aliphatic carbocycles. The van der Waals surface area contributed by atoms with Crippen LogP contribution in [0.2, 0.25) is 0 Å². The molecule has 102 valence electrons. The van der Waals surface area contributed by atoms with E-state index in [-0.39, 0.29) is 0 Å². The maximum atomic E-state index is 11.5. The number of methoxy groups -OCH3 is 1. The monoisotopic (exact) mass is 258 g/mol. The highest BCUT2D eigenvalue weighted by atomic mass is 16.6. The molecule has 0 aromatic carbocycles. The number of carbonyl (C=O) groups excluding carboxylic acids is 2. The second-order valence-electron chi connectivity index (χ2n) is 4.59. The van der Waals surface area contributed by atoms with Crippen molar-refractivity contribution >= 4 is 12.1 Å². The second kappa shape index (κ2) is 6.70. The second-order valence-corrected chi connectivity index (χ2v) is 4.59. The van der Waals surface area contributed by atoms with E-state index >= 15 is 0 Å². The van der Waals surface area contributed by atoms with Gasteiger partial charge in [-0.2, -0.15) is 0 Å². The zero-order valence-corrected chi connectivity index (χ0v) is 11.1. The van der Waals surface area contributed by atoms with Gasteiger partial charge in [0.05, 0.1) is 13.2 Å². The molecule has 0 saturated carbocycles. The number of esters is 1. The van der Waals surface area contributed by atoms with Crippen LogP contribution < -0.4 is 5.32 Å². The lowest BCUT2D eigenvalue weighted by molar-refractivity contribution is -0.143. The Bertz CT molecular complexity index is 357. The first-order chi connectivity index (χ1) is 8.21. The largest absolute Gasteiger partial charge is 0.467 e. The first kappa shape index (κ1) is 16.1. The van der Waals surface area contributed by atoms with Crippen LogP contribution in [0.3, 0.4) is 0 Å². The fourth-order valence-electron chi connectivity index (χ4n) is 1.09. The molecular formula is C10H18N4O4. The average molecular weight is 258 g/mol. The summed E-state index contributed by atoms with van der Waals surface area (Å²) >= 11 is 0. The Morgan fingerprint density at radius 1 is 1.39 bits per heavy atom. The summed E-state index contributed by atoms with van der Waals surface area (Å²) in [5.41, 5.74) is 7.63. The summed E-state index contributed by atoms with van der Waals surface area (Å²) in [7, 11) is 1.18. The molecule has 0 aliphatic rings. The third kappa shape index (κ3) is 5.95. The van der Waals surface area contributed by atoms with Crippen molar-refractivity contribution < 1.29 is 19.1 Å². The van der Waals surface area contributed by atoms with Crippen molar-refractivity contribution in [3.8, 4) is 0 Å². The molecule has 0 spiro atoms. The van der Waals surface area contributed by atoms with Crippen LogP contribution in [0.5, 0.6) is 0 Å². The van der Waals surface area contributed by atoms with Crippen LogP contribution in [-0.4, -0.2) is 36.9 Å². The lowest BCUT2D eigenvalue weighted by atomic mass is 10.1. The van der Waals surface area contributed by atoms with Gasteiger partial charge in [0, 0.05) is 4.91 Å². The zero-order chi connectivity index (χ0) is 14.3. The third-order valence-corrected chi connectivity index (χ3v) is 1.84. The highest BCUT2D eigenvalue weighted by molar-refractivity contribution is 5.82. The van der Waals surface area contributed by atoms with Gasteiger partial charge >= 0.3 is 12.1 Å². The van der Waals surface area contributed by atoms with Gasteiger partial charge in [-0.05, 0) is 26.3 Å². The van der Waals surface area contributed by atoms with Gasteiger partial charge < -0.3 is 14.8 Å². The molecule has 1 amide bonds. The Balaban J connectivity index is 4.75. The van der Waals surface area contributed by atoms with E-state index in [1.165, 1.54) is 14.0 Å². The zero-order valence-electron chi connectivity index (χ0n) is 11.1. The number of amides is 1. The van der Waals surface area contributed by atoms with E-state index in [9.17, 15) is 9.59 Å². The van der Waals surface area contributed by atoms with Gasteiger partial charge in [0.15, 0.2) is 0 Å². The molecule has 0 aliphatic heterocycles. The molecule has 1 N–H and O–H groups in total. The fourth-order valence-corrected chi connectivity index (χ4v) is 1.09. The van der Waals surface area contributed by atoms with Gasteiger partial charge in [-0.3, -0.25) is 0 Å². The predicted octanol–water partition coefficient (Wildman–Crippen LogP) is 1.75. The molecule has 0 aromatic rings. The summed E-state index contributed by atoms with van der Waals surface area (Å²) in [5.74, 6) is -0.708.